The van der Waals surface area contributed by atoms with Crippen molar-refractivity contribution in [3.05, 3.63) is 126 Å². The van der Waals surface area contributed by atoms with E-state index in [2.05, 4.69) is 69.5 Å². The van der Waals surface area contributed by atoms with Crippen molar-refractivity contribution >= 4 is 28.2 Å². The normalized spacial score (nSPS) is 10.8. The summed E-state index contributed by atoms with van der Waals surface area (Å²) in [6.45, 7) is 3.97. The Kier molecular flexibility index (Phi) is 7.53. The highest BCUT2D eigenvalue weighted by molar-refractivity contribution is 5.96. The van der Waals surface area contributed by atoms with Crippen LogP contribution in [0.2, 0.25) is 0 Å². The molecule has 0 spiro atoms. The molecule has 1 amide bonds. The fourth-order valence-corrected chi connectivity index (χ4v) is 4.35. The van der Waals surface area contributed by atoms with E-state index in [4.69, 9.17) is 0 Å². The molecule has 5 rings (SSSR count). The number of nitrogens with one attached hydrogen (secondary N) is 3. The molecule has 0 unspecified atom stereocenters. The lowest BCUT2D eigenvalue weighted by molar-refractivity contribution is 0.0954. The molecule has 1 heterocycles. The predicted octanol–water partition coefficient (Wildman–Crippen LogP) is 6.47. The van der Waals surface area contributed by atoms with Crippen LogP contribution in [0.5, 0.6) is 0 Å². The molecule has 37 heavy (non-hydrogen) atoms. The van der Waals surface area contributed by atoms with Gasteiger partial charge in [-0.1, -0.05) is 78.9 Å². The number of hydrogen-bond donors (Lipinski definition) is 3. The van der Waals surface area contributed by atoms with Crippen molar-refractivity contribution in [3.8, 4) is 11.1 Å². The molecule has 1 aromatic heterocycles. The largest absolute Gasteiger partial charge is 0.355 e. The lowest BCUT2D eigenvalue weighted by Crippen LogP contribution is -2.31. The molecule has 0 radical (unpaired) electrons. The van der Waals surface area contributed by atoms with Gasteiger partial charge in [-0.15, -0.1) is 0 Å². The lowest BCUT2D eigenvalue weighted by Gasteiger charge is -2.12. The van der Waals surface area contributed by atoms with Crippen molar-refractivity contribution in [3.63, 3.8) is 0 Å². The Balaban J connectivity index is 1.12. The van der Waals surface area contributed by atoms with Crippen molar-refractivity contribution in [2.45, 2.75) is 13.5 Å². The maximum Gasteiger partial charge on any atom is 0.251 e. The van der Waals surface area contributed by atoms with Crippen LogP contribution in [-0.2, 0) is 6.54 Å². The summed E-state index contributed by atoms with van der Waals surface area (Å²) in [6, 6.07) is 36.6. The number of aryl methyl sites for hydroxylation is 1. The van der Waals surface area contributed by atoms with E-state index in [1.165, 1.54) is 16.7 Å². The zero-order chi connectivity index (χ0) is 25.5. The van der Waals surface area contributed by atoms with Crippen LogP contribution in [0.1, 0.15) is 21.6 Å². The Bertz CT molecular complexity index is 1500. The molecule has 0 bridgehead atoms. The van der Waals surface area contributed by atoms with Crippen LogP contribution in [0.4, 0.5) is 11.4 Å². The number of fused-ring (bicyclic) bond motifs is 1. The van der Waals surface area contributed by atoms with E-state index in [1.807, 2.05) is 67.6 Å². The minimum absolute atomic E-state index is 0.0894. The van der Waals surface area contributed by atoms with Gasteiger partial charge in [0, 0.05) is 47.7 Å². The average Bonchev–Trinajstić information content (AvgIpc) is 2.93. The Labute approximate surface area is 217 Å². The predicted molar refractivity (Wildman–Crippen MR) is 152 cm³/mol. The summed E-state index contributed by atoms with van der Waals surface area (Å²) in [5.41, 5.74) is 7.98. The van der Waals surface area contributed by atoms with Gasteiger partial charge >= 0.3 is 0 Å². The number of para-hydroxylation sites is 1. The van der Waals surface area contributed by atoms with E-state index in [0.717, 1.165) is 34.5 Å². The molecule has 0 saturated carbocycles. The van der Waals surface area contributed by atoms with Gasteiger partial charge in [0.25, 0.3) is 5.91 Å². The van der Waals surface area contributed by atoms with Gasteiger partial charge in [0.15, 0.2) is 0 Å². The van der Waals surface area contributed by atoms with Gasteiger partial charge in [0.2, 0.25) is 0 Å². The first kappa shape index (κ1) is 24.2. The first-order valence-electron chi connectivity index (χ1n) is 12.5. The minimum Gasteiger partial charge on any atom is -0.355 e. The first-order chi connectivity index (χ1) is 18.2. The summed E-state index contributed by atoms with van der Waals surface area (Å²) < 4.78 is 0. The van der Waals surface area contributed by atoms with Gasteiger partial charge in [-0.3, -0.25) is 9.78 Å². The molecule has 0 atom stereocenters. The summed E-state index contributed by atoms with van der Waals surface area (Å²) in [5, 5.41) is 10.9. The highest BCUT2D eigenvalue weighted by Gasteiger charge is 2.08. The van der Waals surface area contributed by atoms with E-state index >= 15 is 0 Å². The summed E-state index contributed by atoms with van der Waals surface area (Å²) in [6.07, 6.45) is 0. The number of benzene rings is 4. The SMILES string of the molecule is Cc1cc(Nc2cccc(C(=O)NCCNCc3ccc(-c4ccccc4)cc3)c2)c2ccccc2n1. The summed E-state index contributed by atoms with van der Waals surface area (Å²) in [7, 11) is 0. The molecule has 184 valence electrons. The third-order valence-corrected chi connectivity index (χ3v) is 6.23. The highest BCUT2D eigenvalue weighted by atomic mass is 16.1. The Morgan fingerprint density at radius 2 is 1.51 bits per heavy atom. The molecule has 3 N–H and O–H groups in total. The zero-order valence-electron chi connectivity index (χ0n) is 20.9. The van der Waals surface area contributed by atoms with Crippen LogP contribution in [0.25, 0.3) is 22.0 Å². The smallest absolute Gasteiger partial charge is 0.251 e. The van der Waals surface area contributed by atoms with Gasteiger partial charge in [-0.25, -0.2) is 0 Å². The average molecular weight is 487 g/mol. The molecule has 5 aromatic rings. The second-order valence-electron chi connectivity index (χ2n) is 9.03. The molecule has 0 aliphatic heterocycles. The standard InChI is InChI=1S/C32H30N4O/c1-23-20-31(29-12-5-6-13-30(29)35-23)36-28-11-7-10-27(21-28)32(37)34-19-18-33-22-24-14-16-26(17-15-24)25-8-3-2-4-9-25/h2-17,20-21,33H,18-19,22H2,1H3,(H,34,37)(H,35,36). The summed E-state index contributed by atoms with van der Waals surface area (Å²) in [5.74, 6) is -0.0894. The molecular formula is C32H30N4O. The summed E-state index contributed by atoms with van der Waals surface area (Å²) in [4.78, 5) is 17.3. The lowest BCUT2D eigenvalue weighted by atomic mass is 10.0. The number of aromatic nitrogens is 1. The van der Waals surface area contributed by atoms with Crippen LogP contribution < -0.4 is 16.0 Å². The van der Waals surface area contributed by atoms with Crippen LogP contribution in [0.15, 0.2) is 109 Å². The van der Waals surface area contributed by atoms with Gasteiger partial charge in [0.1, 0.15) is 0 Å². The molecule has 0 fully saturated rings. The monoisotopic (exact) mass is 486 g/mol. The van der Waals surface area contributed by atoms with Gasteiger partial charge in [-0.05, 0) is 53.9 Å². The highest BCUT2D eigenvalue weighted by Crippen LogP contribution is 2.26. The van der Waals surface area contributed by atoms with Gasteiger partial charge in [0.05, 0.1) is 5.52 Å². The number of carbonyl (C=O) groups excluding carboxylic acids is 1. The number of pyridine rings is 1. The number of anilines is 2. The number of hydrogen-bond acceptors (Lipinski definition) is 4. The molecule has 4 aromatic carbocycles. The maximum atomic E-state index is 12.7. The van der Waals surface area contributed by atoms with Crippen molar-refractivity contribution in [2.24, 2.45) is 0 Å². The number of rotatable bonds is 9. The third-order valence-electron chi connectivity index (χ3n) is 6.23. The fourth-order valence-electron chi connectivity index (χ4n) is 4.35. The second kappa shape index (κ2) is 11.5. The molecular weight excluding hydrogens is 456 g/mol. The van der Waals surface area contributed by atoms with Crippen molar-refractivity contribution in [1.82, 2.24) is 15.6 Å². The Morgan fingerprint density at radius 1 is 0.757 bits per heavy atom. The van der Waals surface area contributed by atoms with Crippen LogP contribution in [-0.4, -0.2) is 24.0 Å². The van der Waals surface area contributed by atoms with Crippen LogP contribution >= 0.6 is 0 Å². The number of carbonyl (C=O) groups is 1. The molecule has 0 aliphatic rings. The quantitative estimate of drug-likeness (QED) is 0.209. The fraction of sp³-hybridized carbons (Fsp3) is 0.125. The number of nitrogens with zero attached hydrogens (tertiary/aromatic N) is 1. The minimum atomic E-state index is -0.0894. The second-order valence-corrected chi connectivity index (χ2v) is 9.03. The number of amides is 1. The third kappa shape index (κ3) is 6.21. The van der Waals surface area contributed by atoms with Crippen LogP contribution in [0.3, 0.4) is 0 Å². The Hall–Kier alpha value is -4.48. The van der Waals surface area contributed by atoms with E-state index in [-0.39, 0.29) is 5.91 Å². The maximum absolute atomic E-state index is 12.7. The zero-order valence-corrected chi connectivity index (χ0v) is 20.9. The molecule has 5 heteroatoms. The Morgan fingerprint density at radius 3 is 2.35 bits per heavy atom. The van der Waals surface area contributed by atoms with E-state index in [0.29, 0.717) is 18.7 Å². The molecule has 0 aliphatic carbocycles. The van der Waals surface area contributed by atoms with E-state index < -0.39 is 0 Å². The molecule has 0 saturated heterocycles. The van der Waals surface area contributed by atoms with E-state index in [9.17, 15) is 4.79 Å². The molecule has 5 nitrogen and oxygen atoms in total. The first-order valence-corrected chi connectivity index (χ1v) is 12.5. The summed E-state index contributed by atoms with van der Waals surface area (Å²) >= 11 is 0. The van der Waals surface area contributed by atoms with Gasteiger partial charge < -0.3 is 16.0 Å². The van der Waals surface area contributed by atoms with Crippen molar-refractivity contribution in [2.75, 3.05) is 18.4 Å². The van der Waals surface area contributed by atoms with Crippen LogP contribution in [0, 0.1) is 6.92 Å². The van der Waals surface area contributed by atoms with E-state index in [1.54, 1.807) is 0 Å². The topological polar surface area (TPSA) is 66.1 Å². The van der Waals surface area contributed by atoms with Crippen molar-refractivity contribution in [1.29, 1.82) is 0 Å². The van der Waals surface area contributed by atoms with Gasteiger partial charge in [-0.2, -0.15) is 0 Å². The van der Waals surface area contributed by atoms with Crippen molar-refractivity contribution < 1.29 is 4.79 Å².